The van der Waals surface area contributed by atoms with Gasteiger partial charge in [-0.3, -0.25) is 9.59 Å². The molecule has 1 aliphatic rings. The number of carbonyl (C=O) groups is 2. The largest absolute Gasteiger partial charge is 0.354 e. The zero-order valence-corrected chi connectivity index (χ0v) is 15.0. The van der Waals surface area contributed by atoms with E-state index in [-0.39, 0.29) is 23.5 Å². The molecule has 2 amide bonds. The predicted molar refractivity (Wildman–Crippen MR) is 90.4 cm³/mol. The zero-order chi connectivity index (χ0) is 17.0. The first kappa shape index (κ1) is 17.9. The van der Waals surface area contributed by atoms with Gasteiger partial charge in [-0.05, 0) is 43.0 Å². The van der Waals surface area contributed by atoms with Gasteiger partial charge in [0.1, 0.15) is 11.9 Å². The summed E-state index contributed by atoms with van der Waals surface area (Å²) in [6.07, 6.45) is 1.95. The lowest BCUT2D eigenvalue weighted by Gasteiger charge is -2.25. The minimum absolute atomic E-state index is 0.0145. The van der Waals surface area contributed by atoms with E-state index < -0.39 is 6.04 Å². The van der Waals surface area contributed by atoms with E-state index in [0.29, 0.717) is 31.5 Å². The van der Waals surface area contributed by atoms with E-state index in [1.807, 2.05) is 13.8 Å². The third-order valence-corrected chi connectivity index (χ3v) is 4.53. The molecule has 2 rings (SSSR count). The number of nitrogens with one attached hydrogen (secondary N) is 1. The third-order valence-electron chi connectivity index (χ3n) is 4.03. The highest BCUT2D eigenvalue weighted by Gasteiger charge is 2.34. The molecule has 1 unspecified atom stereocenters. The summed E-state index contributed by atoms with van der Waals surface area (Å²) in [6, 6.07) is 4.37. The minimum atomic E-state index is -0.391. The maximum absolute atomic E-state index is 13.7. The SMILES string of the molecule is CC(C)C(=O)N1CCCC1C(=O)NCCc1cc(Br)ccc1F. The van der Waals surface area contributed by atoms with E-state index >= 15 is 0 Å². The number of halogens is 2. The average Bonchev–Trinajstić information content (AvgIpc) is 2.99. The molecule has 1 heterocycles. The van der Waals surface area contributed by atoms with Gasteiger partial charge in [0, 0.05) is 23.5 Å². The van der Waals surface area contributed by atoms with E-state index in [1.54, 1.807) is 17.0 Å². The molecule has 1 N–H and O–H groups in total. The van der Waals surface area contributed by atoms with Gasteiger partial charge in [-0.2, -0.15) is 0 Å². The molecule has 6 heteroatoms. The fourth-order valence-corrected chi connectivity index (χ4v) is 3.22. The van der Waals surface area contributed by atoms with Crippen molar-refractivity contribution in [3.05, 3.63) is 34.1 Å². The zero-order valence-electron chi connectivity index (χ0n) is 13.4. The summed E-state index contributed by atoms with van der Waals surface area (Å²) in [4.78, 5) is 26.1. The van der Waals surface area contributed by atoms with Crippen LogP contribution in [0.4, 0.5) is 4.39 Å². The number of hydrogen-bond acceptors (Lipinski definition) is 2. The molecule has 0 radical (unpaired) electrons. The summed E-state index contributed by atoms with van der Waals surface area (Å²) in [5, 5.41) is 2.83. The van der Waals surface area contributed by atoms with Crippen molar-refractivity contribution in [2.45, 2.75) is 39.2 Å². The molecule has 1 aromatic carbocycles. The van der Waals surface area contributed by atoms with Crippen molar-refractivity contribution < 1.29 is 14.0 Å². The van der Waals surface area contributed by atoms with Gasteiger partial charge in [-0.25, -0.2) is 4.39 Å². The molecule has 1 aliphatic heterocycles. The lowest BCUT2D eigenvalue weighted by molar-refractivity contribution is -0.140. The number of amides is 2. The molecule has 126 valence electrons. The second kappa shape index (κ2) is 7.90. The van der Waals surface area contributed by atoms with Crippen molar-refractivity contribution in [2.24, 2.45) is 5.92 Å². The van der Waals surface area contributed by atoms with Gasteiger partial charge in [0.05, 0.1) is 0 Å². The number of hydrogen-bond donors (Lipinski definition) is 1. The molecular formula is C17H22BrFN2O2. The Morgan fingerprint density at radius 3 is 2.87 bits per heavy atom. The molecular weight excluding hydrogens is 363 g/mol. The maximum Gasteiger partial charge on any atom is 0.242 e. The van der Waals surface area contributed by atoms with Crippen molar-refractivity contribution in [2.75, 3.05) is 13.1 Å². The first-order valence-corrected chi connectivity index (χ1v) is 8.71. The maximum atomic E-state index is 13.7. The second-order valence-electron chi connectivity index (χ2n) is 6.12. The van der Waals surface area contributed by atoms with Crippen LogP contribution in [0, 0.1) is 11.7 Å². The van der Waals surface area contributed by atoms with Crippen molar-refractivity contribution in [3.63, 3.8) is 0 Å². The second-order valence-corrected chi connectivity index (χ2v) is 7.04. The van der Waals surface area contributed by atoms with Crippen LogP contribution in [0.1, 0.15) is 32.3 Å². The topological polar surface area (TPSA) is 49.4 Å². The van der Waals surface area contributed by atoms with E-state index in [9.17, 15) is 14.0 Å². The first-order valence-electron chi connectivity index (χ1n) is 7.92. The Labute approximate surface area is 144 Å². The lowest BCUT2D eigenvalue weighted by Crippen LogP contribution is -2.47. The number of nitrogens with zero attached hydrogens (tertiary/aromatic N) is 1. The van der Waals surface area contributed by atoms with E-state index in [2.05, 4.69) is 21.2 Å². The molecule has 0 aromatic heterocycles. The van der Waals surface area contributed by atoms with Gasteiger partial charge in [0.25, 0.3) is 0 Å². The van der Waals surface area contributed by atoms with Crippen LogP contribution >= 0.6 is 15.9 Å². The Morgan fingerprint density at radius 2 is 2.17 bits per heavy atom. The molecule has 23 heavy (non-hydrogen) atoms. The van der Waals surface area contributed by atoms with Crippen LogP contribution in [0.5, 0.6) is 0 Å². The molecule has 0 aliphatic carbocycles. The molecule has 1 saturated heterocycles. The highest BCUT2D eigenvalue weighted by atomic mass is 79.9. The molecule has 1 fully saturated rings. The standard InChI is InChI=1S/C17H22BrFN2O2/c1-11(2)17(23)21-9-3-4-15(21)16(22)20-8-7-12-10-13(18)5-6-14(12)19/h5-6,10-11,15H,3-4,7-9H2,1-2H3,(H,20,22). The van der Waals surface area contributed by atoms with Gasteiger partial charge in [-0.1, -0.05) is 29.8 Å². The molecule has 1 atom stereocenters. The summed E-state index contributed by atoms with van der Waals surface area (Å²) in [5.41, 5.74) is 0.557. The van der Waals surface area contributed by atoms with Crippen LogP contribution in [0.25, 0.3) is 0 Å². The molecule has 0 saturated carbocycles. The summed E-state index contributed by atoms with van der Waals surface area (Å²) < 4.78 is 14.5. The van der Waals surface area contributed by atoms with Crippen LogP contribution in [-0.2, 0) is 16.0 Å². The Kier molecular flexibility index (Phi) is 6.16. The highest BCUT2D eigenvalue weighted by molar-refractivity contribution is 9.10. The Balaban J connectivity index is 1.89. The Morgan fingerprint density at radius 1 is 1.43 bits per heavy atom. The van der Waals surface area contributed by atoms with Crippen LogP contribution in [0.15, 0.2) is 22.7 Å². The third kappa shape index (κ3) is 4.53. The number of rotatable bonds is 5. The number of likely N-dealkylation sites (tertiary alicyclic amines) is 1. The van der Waals surface area contributed by atoms with Crippen molar-refractivity contribution in [1.29, 1.82) is 0 Å². The van der Waals surface area contributed by atoms with Crippen LogP contribution in [-0.4, -0.2) is 35.8 Å². The summed E-state index contributed by atoms with van der Waals surface area (Å²) in [5.74, 6) is -0.522. The highest BCUT2D eigenvalue weighted by Crippen LogP contribution is 2.20. The molecule has 0 spiro atoms. The number of carbonyl (C=O) groups excluding carboxylic acids is 2. The van der Waals surface area contributed by atoms with E-state index in [1.165, 1.54) is 6.07 Å². The summed E-state index contributed by atoms with van der Waals surface area (Å²) in [7, 11) is 0. The first-order chi connectivity index (χ1) is 10.9. The molecule has 1 aromatic rings. The van der Waals surface area contributed by atoms with Crippen LogP contribution in [0.3, 0.4) is 0 Å². The Hall–Kier alpha value is -1.43. The van der Waals surface area contributed by atoms with Gasteiger partial charge >= 0.3 is 0 Å². The predicted octanol–water partition coefficient (Wildman–Crippen LogP) is 2.89. The quantitative estimate of drug-likeness (QED) is 0.848. The van der Waals surface area contributed by atoms with Crippen molar-refractivity contribution in [1.82, 2.24) is 10.2 Å². The van der Waals surface area contributed by atoms with Crippen LogP contribution in [0.2, 0.25) is 0 Å². The number of benzene rings is 1. The Bertz CT molecular complexity index is 592. The van der Waals surface area contributed by atoms with Gasteiger partial charge in [0.2, 0.25) is 11.8 Å². The van der Waals surface area contributed by atoms with Gasteiger partial charge in [-0.15, -0.1) is 0 Å². The van der Waals surface area contributed by atoms with Gasteiger partial charge < -0.3 is 10.2 Å². The van der Waals surface area contributed by atoms with Crippen LogP contribution < -0.4 is 5.32 Å². The van der Waals surface area contributed by atoms with Gasteiger partial charge in [0.15, 0.2) is 0 Å². The van der Waals surface area contributed by atoms with E-state index in [0.717, 1.165) is 10.9 Å². The normalized spacial score (nSPS) is 17.6. The minimum Gasteiger partial charge on any atom is -0.354 e. The smallest absolute Gasteiger partial charge is 0.242 e. The van der Waals surface area contributed by atoms with Crippen molar-refractivity contribution >= 4 is 27.7 Å². The molecule has 4 nitrogen and oxygen atoms in total. The monoisotopic (exact) mass is 384 g/mol. The summed E-state index contributed by atoms with van der Waals surface area (Å²) in [6.45, 7) is 4.67. The molecule has 0 bridgehead atoms. The lowest BCUT2D eigenvalue weighted by atomic mass is 10.1. The van der Waals surface area contributed by atoms with Crippen molar-refractivity contribution in [3.8, 4) is 0 Å². The summed E-state index contributed by atoms with van der Waals surface area (Å²) >= 11 is 3.31. The van der Waals surface area contributed by atoms with E-state index in [4.69, 9.17) is 0 Å². The average molecular weight is 385 g/mol. The fraction of sp³-hybridized carbons (Fsp3) is 0.529. The fourth-order valence-electron chi connectivity index (χ4n) is 2.81.